The fraction of sp³-hybridized carbons (Fsp3) is 0.296. The van der Waals surface area contributed by atoms with Crippen LogP contribution in [-0.4, -0.2) is 69.5 Å². The summed E-state index contributed by atoms with van der Waals surface area (Å²) in [5, 5.41) is 17.4. The topological polar surface area (TPSA) is 168 Å². The van der Waals surface area contributed by atoms with E-state index < -0.39 is 17.7 Å². The third kappa shape index (κ3) is 7.48. The van der Waals surface area contributed by atoms with E-state index in [1.807, 2.05) is 0 Å². The number of carbonyl (C=O) groups excluding carboxylic acids is 4. The molecule has 1 aliphatic rings. The number of aliphatic imine (C=N–C) groups is 1. The highest BCUT2D eigenvalue weighted by molar-refractivity contribution is 9.12. The third-order valence-electron chi connectivity index (χ3n) is 6.33. The Balaban J connectivity index is 1.33. The van der Waals surface area contributed by atoms with Gasteiger partial charge in [-0.1, -0.05) is 6.58 Å². The molecule has 222 valence electrons. The van der Waals surface area contributed by atoms with Gasteiger partial charge in [-0.25, -0.2) is 0 Å². The SMILES string of the molecule is C=C(Br)C(=O)Nc1cc(C(=O)Nc2cc(C(=O)Nc3cc(C(=O)NCCNC4=NCCCN4)n(C)c3)n(C)c2)n(C)c1. The number of aromatic nitrogens is 3. The van der Waals surface area contributed by atoms with E-state index in [0.29, 0.717) is 47.2 Å². The first-order valence-corrected chi connectivity index (χ1v) is 13.9. The molecule has 0 fully saturated rings. The number of halogens is 1. The van der Waals surface area contributed by atoms with Gasteiger partial charge in [0.1, 0.15) is 17.1 Å². The molecule has 0 bridgehead atoms. The van der Waals surface area contributed by atoms with E-state index in [1.165, 1.54) is 6.07 Å². The minimum absolute atomic E-state index is 0.161. The largest absolute Gasteiger partial charge is 0.356 e. The minimum atomic E-state index is -0.426. The van der Waals surface area contributed by atoms with Gasteiger partial charge in [0, 0.05) is 65.9 Å². The van der Waals surface area contributed by atoms with E-state index in [0.717, 1.165) is 25.5 Å². The van der Waals surface area contributed by atoms with Crippen molar-refractivity contribution in [3.8, 4) is 0 Å². The molecule has 42 heavy (non-hydrogen) atoms. The number of carbonyl (C=O) groups is 4. The van der Waals surface area contributed by atoms with Crippen LogP contribution in [0.15, 0.2) is 52.8 Å². The number of rotatable bonds is 10. The molecular weight excluding hydrogens is 608 g/mol. The Morgan fingerprint density at radius 2 is 1.33 bits per heavy atom. The summed E-state index contributed by atoms with van der Waals surface area (Å²) in [6.45, 7) is 6.10. The molecule has 0 atom stereocenters. The zero-order chi connectivity index (χ0) is 30.4. The molecule has 0 spiro atoms. The van der Waals surface area contributed by atoms with Crippen LogP contribution < -0.4 is 31.9 Å². The van der Waals surface area contributed by atoms with Crippen molar-refractivity contribution in [2.75, 3.05) is 42.1 Å². The molecule has 0 aliphatic carbocycles. The average molecular weight is 642 g/mol. The van der Waals surface area contributed by atoms with Gasteiger partial charge in [-0.15, -0.1) is 0 Å². The van der Waals surface area contributed by atoms with Gasteiger partial charge < -0.3 is 45.6 Å². The van der Waals surface area contributed by atoms with Gasteiger partial charge in [0.2, 0.25) is 0 Å². The van der Waals surface area contributed by atoms with Gasteiger partial charge in [-0.2, -0.15) is 0 Å². The second-order valence-electron chi connectivity index (χ2n) is 9.64. The van der Waals surface area contributed by atoms with Crippen LogP contribution in [0.5, 0.6) is 0 Å². The van der Waals surface area contributed by atoms with E-state index in [2.05, 4.69) is 59.4 Å². The summed E-state index contributed by atoms with van der Waals surface area (Å²) in [5.74, 6) is -0.805. The highest BCUT2D eigenvalue weighted by Gasteiger charge is 2.19. The molecule has 4 heterocycles. The Bertz CT molecular complexity index is 1560. The smallest absolute Gasteiger partial charge is 0.272 e. The maximum absolute atomic E-state index is 13.0. The van der Waals surface area contributed by atoms with E-state index in [9.17, 15) is 19.2 Å². The van der Waals surface area contributed by atoms with Crippen molar-refractivity contribution in [3.05, 3.63) is 64.9 Å². The van der Waals surface area contributed by atoms with Crippen molar-refractivity contribution in [1.29, 1.82) is 0 Å². The number of hydrogen-bond acceptors (Lipinski definition) is 7. The van der Waals surface area contributed by atoms with Crippen LogP contribution in [0.25, 0.3) is 0 Å². The Hall–Kier alpha value is -4.79. The molecule has 1 aliphatic heterocycles. The molecule has 0 radical (unpaired) electrons. The van der Waals surface area contributed by atoms with E-state index in [4.69, 9.17) is 0 Å². The Morgan fingerprint density at radius 3 is 1.81 bits per heavy atom. The predicted octanol–water partition coefficient (Wildman–Crippen LogP) is 1.72. The summed E-state index contributed by atoms with van der Waals surface area (Å²) in [5.41, 5.74) is 2.26. The summed E-state index contributed by atoms with van der Waals surface area (Å²) in [7, 11) is 5.07. The van der Waals surface area contributed by atoms with Crippen LogP contribution in [0.4, 0.5) is 17.1 Å². The summed E-state index contributed by atoms with van der Waals surface area (Å²) >= 11 is 3.02. The Kier molecular flexibility index (Phi) is 9.52. The third-order valence-corrected chi connectivity index (χ3v) is 6.69. The normalized spacial score (nSPS) is 12.5. The van der Waals surface area contributed by atoms with Crippen molar-refractivity contribution < 1.29 is 19.2 Å². The number of hydrogen-bond donors (Lipinski definition) is 6. The van der Waals surface area contributed by atoms with Gasteiger partial charge in [0.05, 0.1) is 21.5 Å². The van der Waals surface area contributed by atoms with Crippen molar-refractivity contribution in [2.24, 2.45) is 26.1 Å². The molecule has 14 nitrogen and oxygen atoms in total. The lowest BCUT2D eigenvalue weighted by Gasteiger charge is -2.16. The van der Waals surface area contributed by atoms with Gasteiger partial charge in [-0.05, 0) is 40.5 Å². The molecule has 3 aromatic heterocycles. The summed E-state index contributed by atoms with van der Waals surface area (Å²) in [6, 6.07) is 4.67. The van der Waals surface area contributed by atoms with Gasteiger partial charge in [0.25, 0.3) is 23.6 Å². The average Bonchev–Trinajstić information content (AvgIpc) is 3.62. The first kappa shape index (κ1) is 30.2. The van der Waals surface area contributed by atoms with Crippen molar-refractivity contribution >= 4 is 62.6 Å². The zero-order valence-electron chi connectivity index (χ0n) is 23.5. The first-order valence-electron chi connectivity index (χ1n) is 13.1. The standard InChI is InChI=1S/C27H33BrN10O4/c1-16(28)23(39)33-17-11-21(37(3)13-17)25(41)35-19-12-22(38(4)15-19)26(42)34-18-10-20(36(2)14-18)24(40)29-8-9-32-27-30-6-5-7-31-27/h10-15H,1,5-9H2,2-4H3,(H,29,40)(H,33,39)(H,34,42)(H,35,41)(H2,30,31,32). The maximum Gasteiger partial charge on any atom is 0.272 e. The van der Waals surface area contributed by atoms with E-state index in [1.54, 1.807) is 65.6 Å². The fourth-order valence-corrected chi connectivity index (χ4v) is 4.36. The molecule has 3 aromatic rings. The molecule has 0 saturated carbocycles. The molecule has 0 saturated heterocycles. The van der Waals surface area contributed by atoms with Crippen LogP contribution in [-0.2, 0) is 25.9 Å². The molecule has 0 unspecified atom stereocenters. The summed E-state index contributed by atoms with van der Waals surface area (Å²) in [6.07, 6.45) is 5.86. The lowest BCUT2D eigenvalue weighted by Crippen LogP contribution is -2.43. The maximum atomic E-state index is 13.0. The molecule has 6 N–H and O–H groups in total. The minimum Gasteiger partial charge on any atom is -0.356 e. The lowest BCUT2D eigenvalue weighted by atomic mass is 10.3. The quantitative estimate of drug-likeness (QED) is 0.146. The second kappa shape index (κ2) is 13.2. The van der Waals surface area contributed by atoms with Crippen LogP contribution in [0, 0.1) is 0 Å². The van der Waals surface area contributed by atoms with Crippen molar-refractivity contribution in [3.63, 3.8) is 0 Å². The van der Waals surface area contributed by atoms with Crippen molar-refractivity contribution in [1.82, 2.24) is 29.7 Å². The molecule has 4 amide bonds. The zero-order valence-corrected chi connectivity index (χ0v) is 25.1. The highest BCUT2D eigenvalue weighted by atomic mass is 79.9. The molecule has 15 heteroatoms. The van der Waals surface area contributed by atoms with Gasteiger partial charge in [0.15, 0.2) is 5.96 Å². The van der Waals surface area contributed by atoms with Gasteiger partial charge >= 0.3 is 0 Å². The van der Waals surface area contributed by atoms with Crippen LogP contribution >= 0.6 is 15.9 Å². The van der Waals surface area contributed by atoms with E-state index in [-0.39, 0.29) is 10.4 Å². The number of aryl methyl sites for hydroxylation is 3. The Morgan fingerprint density at radius 1 is 0.833 bits per heavy atom. The second-order valence-corrected chi connectivity index (χ2v) is 10.6. The molecule has 0 aromatic carbocycles. The first-order chi connectivity index (χ1) is 20.0. The molecular formula is C27H33BrN10O4. The van der Waals surface area contributed by atoms with E-state index >= 15 is 0 Å². The number of anilines is 3. The van der Waals surface area contributed by atoms with Crippen molar-refractivity contribution in [2.45, 2.75) is 6.42 Å². The number of amides is 4. The van der Waals surface area contributed by atoms with Crippen LogP contribution in [0.1, 0.15) is 37.9 Å². The summed E-state index contributed by atoms with van der Waals surface area (Å²) < 4.78 is 4.94. The Labute approximate surface area is 250 Å². The molecule has 4 rings (SSSR count). The van der Waals surface area contributed by atoms with Gasteiger partial charge in [-0.3, -0.25) is 24.2 Å². The monoisotopic (exact) mass is 640 g/mol. The number of nitrogens with one attached hydrogen (secondary N) is 6. The van der Waals surface area contributed by atoms with Crippen LogP contribution in [0.3, 0.4) is 0 Å². The predicted molar refractivity (Wildman–Crippen MR) is 164 cm³/mol. The van der Waals surface area contributed by atoms with Crippen LogP contribution in [0.2, 0.25) is 0 Å². The number of nitrogens with zero attached hydrogens (tertiary/aromatic N) is 4. The highest BCUT2D eigenvalue weighted by Crippen LogP contribution is 2.20. The summed E-state index contributed by atoms with van der Waals surface area (Å²) in [4.78, 5) is 54.8. The lowest BCUT2D eigenvalue weighted by molar-refractivity contribution is -0.112. The fourth-order valence-electron chi connectivity index (χ4n) is 4.26. The number of guanidine groups is 1.